The van der Waals surface area contributed by atoms with Crippen molar-refractivity contribution < 1.29 is 21.1 Å². The van der Waals surface area contributed by atoms with Gasteiger partial charge in [-0.05, 0) is 30.0 Å². The van der Waals surface area contributed by atoms with Gasteiger partial charge < -0.3 is 36.6 Å². The molecule has 0 aliphatic carbocycles. The highest BCUT2D eigenvalue weighted by Crippen LogP contribution is 2.34. The van der Waals surface area contributed by atoms with Crippen LogP contribution in [0.25, 0.3) is 11.2 Å². The predicted octanol–water partition coefficient (Wildman–Crippen LogP) is 2.22. The Morgan fingerprint density at radius 3 is 2.37 bits per heavy atom. The van der Waals surface area contributed by atoms with Gasteiger partial charge in [-0.2, -0.15) is 9.97 Å². The number of hydrogen-bond donors (Lipinski definition) is 6. The van der Waals surface area contributed by atoms with Crippen LogP contribution in [0.5, 0.6) is 0 Å². The highest BCUT2D eigenvalue weighted by atomic mass is 16.6. The molecule has 5 rings (SSSR count). The Bertz CT molecular complexity index is 1500. The summed E-state index contributed by atoms with van der Waals surface area (Å²) in [5.41, 5.74) is 8.77. The maximum Gasteiger partial charge on any atom is 0.252 e. The first-order valence-corrected chi connectivity index (χ1v) is 14.3. The summed E-state index contributed by atoms with van der Waals surface area (Å²) >= 11 is 0. The SMILES string of the molecule is [2H]CCNC(=O)[C@H]1OC(n2cnc3c(NCC(c4ccccc4)c4ccccc4)nc(NCC(C)(C)CN)nc32)[C@H](O)[C@@H]1O. The first-order chi connectivity index (χ1) is 21.2. The second-order valence-electron chi connectivity index (χ2n) is 11.4. The van der Waals surface area contributed by atoms with Crippen molar-refractivity contribution in [1.29, 1.82) is 0 Å². The molecule has 228 valence electrons. The first kappa shape index (κ1) is 29.0. The van der Waals surface area contributed by atoms with Gasteiger partial charge in [0.05, 0.1) is 6.33 Å². The molecule has 12 nitrogen and oxygen atoms in total. The van der Waals surface area contributed by atoms with Gasteiger partial charge in [-0.3, -0.25) is 9.36 Å². The number of aliphatic hydroxyl groups excluding tert-OH is 2. The van der Waals surface area contributed by atoms with Gasteiger partial charge in [-0.15, -0.1) is 0 Å². The number of hydrogen-bond acceptors (Lipinski definition) is 10. The molecule has 1 saturated heterocycles. The normalized spacial score (nSPS) is 20.7. The van der Waals surface area contributed by atoms with Crippen molar-refractivity contribution in [2.24, 2.45) is 11.1 Å². The van der Waals surface area contributed by atoms with Crippen LogP contribution in [0.3, 0.4) is 0 Å². The van der Waals surface area contributed by atoms with Crippen LogP contribution in [0.4, 0.5) is 11.8 Å². The van der Waals surface area contributed by atoms with E-state index in [1.807, 2.05) is 50.2 Å². The molecule has 3 heterocycles. The summed E-state index contributed by atoms with van der Waals surface area (Å²) < 4.78 is 14.6. The van der Waals surface area contributed by atoms with Crippen molar-refractivity contribution in [1.82, 2.24) is 24.8 Å². The van der Waals surface area contributed by atoms with Crippen molar-refractivity contribution in [3.05, 3.63) is 78.1 Å². The number of aliphatic hydroxyl groups is 2. The topological polar surface area (TPSA) is 172 Å². The van der Waals surface area contributed by atoms with Crippen LogP contribution >= 0.6 is 0 Å². The summed E-state index contributed by atoms with van der Waals surface area (Å²) in [4.78, 5) is 26.6. The zero-order chi connectivity index (χ0) is 31.3. The Balaban J connectivity index is 1.49. The number of amides is 1. The standard InChI is InChI=1S/C31H40N8O4/c1-4-33-28(42)25-23(40)24(41)29(43-25)39-18-36-22-26(37-30(38-27(22)39)35-17-31(2,3)16-32)34-15-21(19-11-7-5-8-12-19)20-13-9-6-10-14-20/h5-14,18,21,23-25,29,40-41H,4,15-17,32H2,1-3H3,(H,33,42)(H2,34,35,37,38)/t23-,24+,25-,29?/m0/s1/i1D. The Morgan fingerprint density at radius 1 is 1.07 bits per heavy atom. The van der Waals surface area contributed by atoms with E-state index in [-0.39, 0.29) is 24.8 Å². The van der Waals surface area contributed by atoms with E-state index in [1.165, 1.54) is 10.9 Å². The summed E-state index contributed by atoms with van der Waals surface area (Å²) in [6.07, 6.45) is -3.92. The Labute approximate surface area is 252 Å². The molecule has 0 bridgehead atoms. The number of benzene rings is 2. The fraction of sp³-hybridized carbons (Fsp3) is 0.419. The van der Waals surface area contributed by atoms with Gasteiger partial charge in [-0.25, -0.2) is 4.98 Å². The van der Waals surface area contributed by atoms with Gasteiger partial charge in [0, 0.05) is 26.9 Å². The summed E-state index contributed by atoms with van der Waals surface area (Å²) in [6, 6.07) is 20.4. The second kappa shape index (κ2) is 13.0. The van der Waals surface area contributed by atoms with Gasteiger partial charge >= 0.3 is 0 Å². The molecule has 2 aromatic heterocycles. The van der Waals surface area contributed by atoms with E-state index in [1.54, 1.807) is 0 Å². The fourth-order valence-electron chi connectivity index (χ4n) is 5.02. The maximum atomic E-state index is 12.6. The fourth-order valence-corrected chi connectivity index (χ4v) is 5.02. The van der Waals surface area contributed by atoms with Gasteiger partial charge in [-0.1, -0.05) is 74.5 Å². The van der Waals surface area contributed by atoms with E-state index in [2.05, 4.69) is 45.2 Å². The van der Waals surface area contributed by atoms with Crippen LogP contribution in [0.2, 0.25) is 0 Å². The molecule has 1 unspecified atom stereocenters. The van der Waals surface area contributed by atoms with Crippen molar-refractivity contribution in [2.45, 2.75) is 51.2 Å². The van der Waals surface area contributed by atoms with E-state index < -0.39 is 30.4 Å². The number of aromatic nitrogens is 4. The lowest BCUT2D eigenvalue weighted by Crippen LogP contribution is -2.42. The average molecular weight is 590 g/mol. The van der Waals surface area contributed by atoms with Gasteiger partial charge in [0.2, 0.25) is 5.95 Å². The summed E-state index contributed by atoms with van der Waals surface area (Å²) in [5.74, 6) is 0.190. The molecule has 12 heteroatoms. The van der Waals surface area contributed by atoms with E-state index >= 15 is 0 Å². The number of nitrogens with two attached hydrogens (primary N) is 1. The van der Waals surface area contributed by atoms with Crippen molar-refractivity contribution in [3.8, 4) is 0 Å². The third kappa shape index (κ3) is 6.62. The third-order valence-electron chi connectivity index (χ3n) is 7.65. The minimum Gasteiger partial charge on any atom is -0.387 e. The second-order valence-corrected chi connectivity index (χ2v) is 11.4. The first-order valence-electron chi connectivity index (χ1n) is 15.0. The van der Waals surface area contributed by atoms with Gasteiger partial charge in [0.15, 0.2) is 29.3 Å². The Hall–Kier alpha value is -4.10. The molecule has 1 fully saturated rings. The van der Waals surface area contributed by atoms with E-state index in [0.29, 0.717) is 42.6 Å². The number of anilines is 2. The summed E-state index contributed by atoms with van der Waals surface area (Å²) in [5, 5.41) is 30.9. The third-order valence-corrected chi connectivity index (χ3v) is 7.65. The number of ether oxygens (including phenoxy) is 1. The smallest absolute Gasteiger partial charge is 0.252 e. The molecule has 43 heavy (non-hydrogen) atoms. The molecule has 1 aliphatic rings. The molecule has 2 aromatic carbocycles. The summed E-state index contributed by atoms with van der Waals surface area (Å²) in [6.45, 7) is 5.59. The maximum absolute atomic E-state index is 12.6. The molecule has 4 aromatic rings. The largest absolute Gasteiger partial charge is 0.387 e. The average Bonchev–Trinajstić information content (AvgIpc) is 3.60. The number of likely N-dealkylation sites (N-methyl/N-ethyl adjacent to an activating group) is 1. The highest BCUT2D eigenvalue weighted by Gasteiger charge is 2.47. The molecule has 4 atom stereocenters. The van der Waals surface area contributed by atoms with Crippen LogP contribution < -0.4 is 21.7 Å². The Kier molecular flexibility index (Phi) is 8.79. The monoisotopic (exact) mass is 589 g/mol. The van der Waals surface area contributed by atoms with Crippen LogP contribution in [0.1, 0.15) is 45.4 Å². The molecule has 0 radical (unpaired) electrons. The molecular weight excluding hydrogens is 548 g/mol. The number of carbonyl (C=O) groups is 1. The lowest BCUT2D eigenvalue weighted by molar-refractivity contribution is -0.137. The lowest BCUT2D eigenvalue weighted by atomic mass is 9.91. The van der Waals surface area contributed by atoms with Crippen LogP contribution in [0.15, 0.2) is 67.0 Å². The van der Waals surface area contributed by atoms with E-state index in [4.69, 9.17) is 21.8 Å². The van der Waals surface area contributed by atoms with E-state index in [9.17, 15) is 15.0 Å². The number of imidazole rings is 1. The summed E-state index contributed by atoms with van der Waals surface area (Å²) in [7, 11) is 0. The molecule has 0 saturated carbocycles. The Morgan fingerprint density at radius 2 is 1.74 bits per heavy atom. The molecular formula is C31H40N8O4. The number of rotatable bonds is 12. The van der Waals surface area contributed by atoms with Crippen LogP contribution in [0, 0.1) is 5.41 Å². The van der Waals surface area contributed by atoms with Crippen LogP contribution in [-0.2, 0) is 9.53 Å². The zero-order valence-electron chi connectivity index (χ0n) is 25.4. The highest BCUT2D eigenvalue weighted by molar-refractivity contribution is 5.85. The molecule has 0 spiro atoms. The molecule has 1 aliphatic heterocycles. The lowest BCUT2D eigenvalue weighted by Gasteiger charge is -2.23. The van der Waals surface area contributed by atoms with Crippen LogP contribution in [-0.4, -0.2) is 80.1 Å². The molecule has 1 amide bonds. The van der Waals surface area contributed by atoms with Crippen molar-refractivity contribution >= 4 is 28.8 Å². The predicted molar refractivity (Wildman–Crippen MR) is 164 cm³/mol. The number of carbonyl (C=O) groups excluding carboxylic acids is 1. The molecule has 7 N–H and O–H groups in total. The minimum absolute atomic E-state index is 0.00945. The van der Waals surface area contributed by atoms with Crippen molar-refractivity contribution in [3.63, 3.8) is 0 Å². The number of nitrogens with zero attached hydrogens (tertiary/aromatic N) is 4. The van der Waals surface area contributed by atoms with Gasteiger partial charge in [0.1, 0.15) is 12.2 Å². The van der Waals surface area contributed by atoms with E-state index in [0.717, 1.165) is 11.1 Å². The zero-order valence-corrected chi connectivity index (χ0v) is 24.4. The quantitative estimate of drug-likeness (QED) is 0.144. The number of fused-ring (bicyclic) bond motifs is 1. The van der Waals surface area contributed by atoms with Crippen molar-refractivity contribution in [2.75, 3.05) is 36.8 Å². The minimum atomic E-state index is -1.48. The number of nitrogens with one attached hydrogen (secondary N) is 3. The van der Waals surface area contributed by atoms with Gasteiger partial charge in [0.25, 0.3) is 5.91 Å².